The second kappa shape index (κ2) is 6.33. The van der Waals surface area contributed by atoms with Crippen molar-refractivity contribution in [3.63, 3.8) is 0 Å². The number of fused-ring (bicyclic) bond motifs is 1. The molecule has 0 radical (unpaired) electrons. The van der Waals surface area contributed by atoms with Gasteiger partial charge in [-0.15, -0.1) is 0 Å². The van der Waals surface area contributed by atoms with Gasteiger partial charge in [0.2, 0.25) is 0 Å². The first-order chi connectivity index (χ1) is 10.7. The Morgan fingerprint density at radius 1 is 1.23 bits per heavy atom. The number of anilines is 1. The van der Waals surface area contributed by atoms with E-state index >= 15 is 0 Å². The van der Waals surface area contributed by atoms with Crippen LogP contribution in [0.15, 0.2) is 24.3 Å². The zero-order valence-corrected chi connectivity index (χ0v) is 12.6. The highest BCUT2D eigenvalue weighted by molar-refractivity contribution is 5.76. The Bertz CT molecular complexity index is 676. The van der Waals surface area contributed by atoms with Crippen molar-refractivity contribution in [1.82, 2.24) is 9.47 Å². The minimum absolute atomic E-state index is 0.0941. The molecule has 1 aromatic carbocycles. The molecule has 0 aliphatic carbocycles. The van der Waals surface area contributed by atoms with Gasteiger partial charge in [-0.3, -0.25) is 15.4 Å². The number of aromatic nitrogens is 2. The van der Waals surface area contributed by atoms with Crippen molar-refractivity contribution in [2.75, 3.05) is 38.6 Å². The number of para-hydroxylation sites is 2. The molecule has 2 heterocycles. The highest BCUT2D eigenvalue weighted by Crippen LogP contribution is 2.16. The van der Waals surface area contributed by atoms with Gasteiger partial charge in [0.1, 0.15) is 11.0 Å². The number of imidazole rings is 1. The molecule has 0 atom stereocenters. The van der Waals surface area contributed by atoms with Gasteiger partial charge < -0.3 is 10.5 Å². The Kier molecular flexibility index (Phi) is 4.26. The maximum atomic E-state index is 11.3. The molecular formula is C15H22N5O2+. The highest BCUT2D eigenvalue weighted by atomic mass is 16.5. The van der Waals surface area contributed by atoms with E-state index in [9.17, 15) is 4.79 Å². The van der Waals surface area contributed by atoms with E-state index in [-0.39, 0.29) is 6.54 Å². The van der Waals surface area contributed by atoms with Gasteiger partial charge in [-0.1, -0.05) is 12.1 Å². The zero-order valence-electron chi connectivity index (χ0n) is 12.6. The van der Waals surface area contributed by atoms with Crippen molar-refractivity contribution < 1.29 is 14.1 Å². The zero-order chi connectivity index (χ0) is 15.5. The summed E-state index contributed by atoms with van der Waals surface area (Å²) in [6.45, 7) is 5.23. The summed E-state index contributed by atoms with van der Waals surface area (Å²) in [7, 11) is 0. The first-order valence-corrected chi connectivity index (χ1v) is 7.52. The lowest BCUT2D eigenvalue weighted by atomic mass is 10.3. The van der Waals surface area contributed by atoms with Gasteiger partial charge in [0.25, 0.3) is 5.91 Å². The van der Waals surface area contributed by atoms with Crippen LogP contribution in [0.5, 0.6) is 0 Å². The Morgan fingerprint density at radius 2 is 1.95 bits per heavy atom. The fourth-order valence-electron chi connectivity index (χ4n) is 2.94. The Labute approximate surface area is 129 Å². The van der Waals surface area contributed by atoms with Crippen LogP contribution in [0.3, 0.4) is 0 Å². The third kappa shape index (κ3) is 2.90. The topological polar surface area (TPSA) is 90.4 Å². The lowest BCUT2D eigenvalue weighted by molar-refractivity contribution is -0.644. The van der Waals surface area contributed by atoms with Crippen molar-refractivity contribution in [1.29, 1.82) is 0 Å². The van der Waals surface area contributed by atoms with E-state index in [0.717, 1.165) is 50.4 Å². The van der Waals surface area contributed by atoms with Crippen LogP contribution < -0.4 is 16.0 Å². The molecule has 0 unspecified atom stereocenters. The molecule has 7 nitrogen and oxygen atoms in total. The number of rotatable bonds is 5. The molecule has 1 amide bonds. The number of carbonyl (C=O) groups excluding carboxylic acids is 1. The summed E-state index contributed by atoms with van der Waals surface area (Å²) in [5.74, 6) is 0.168. The quantitative estimate of drug-likeness (QED) is 0.717. The molecule has 0 saturated carbocycles. The second-order valence-electron chi connectivity index (χ2n) is 5.51. The normalized spacial score (nSPS) is 16.2. The first-order valence-electron chi connectivity index (χ1n) is 7.52. The Balaban J connectivity index is 1.87. The van der Waals surface area contributed by atoms with Crippen LogP contribution in [-0.2, 0) is 22.6 Å². The number of nitrogens with zero attached hydrogens (tertiary/aromatic N) is 3. The summed E-state index contributed by atoms with van der Waals surface area (Å²) < 4.78 is 9.19. The number of nitrogens with two attached hydrogens (primary N) is 2. The van der Waals surface area contributed by atoms with E-state index in [0.29, 0.717) is 5.95 Å². The molecule has 0 spiro atoms. The lowest BCUT2D eigenvalue weighted by Crippen LogP contribution is -2.43. The van der Waals surface area contributed by atoms with Crippen LogP contribution in [0.2, 0.25) is 0 Å². The fourth-order valence-corrected chi connectivity index (χ4v) is 2.94. The number of ether oxygens (including phenoxy) is 1. The molecule has 4 N–H and O–H groups in total. The van der Waals surface area contributed by atoms with Crippen molar-refractivity contribution in [2.45, 2.75) is 13.1 Å². The third-order valence-corrected chi connectivity index (χ3v) is 4.07. The van der Waals surface area contributed by atoms with Gasteiger partial charge in [-0.2, -0.15) is 0 Å². The minimum Gasteiger partial charge on any atom is -0.379 e. The van der Waals surface area contributed by atoms with Gasteiger partial charge >= 0.3 is 5.95 Å². The monoisotopic (exact) mass is 304 g/mol. The van der Waals surface area contributed by atoms with Crippen LogP contribution in [0.1, 0.15) is 0 Å². The molecule has 1 aromatic heterocycles. The summed E-state index contributed by atoms with van der Waals surface area (Å²) >= 11 is 0. The SMILES string of the molecule is NC(=O)C[n+]1c(N)n(CCN2CCOCC2)c2ccccc21. The average molecular weight is 304 g/mol. The number of nitrogen functional groups attached to an aromatic ring is 1. The first kappa shape index (κ1) is 14.8. The standard InChI is InChI=1S/C15H21N5O2/c16-14(21)11-20-13-4-2-1-3-12(13)19(15(20)17)6-5-18-7-9-22-10-8-18/h1-4,17H,5-11H2,(H2,16,21)/p+1. The molecule has 1 aliphatic heterocycles. The highest BCUT2D eigenvalue weighted by Gasteiger charge is 2.22. The number of amides is 1. The van der Waals surface area contributed by atoms with Gasteiger partial charge in [0.15, 0.2) is 6.54 Å². The lowest BCUT2D eigenvalue weighted by Gasteiger charge is -2.25. The molecule has 2 aromatic rings. The number of carbonyl (C=O) groups is 1. The van der Waals surface area contributed by atoms with Crippen molar-refractivity contribution >= 4 is 22.9 Å². The molecule has 118 valence electrons. The smallest absolute Gasteiger partial charge is 0.356 e. The number of hydrogen-bond donors (Lipinski definition) is 2. The predicted molar refractivity (Wildman–Crippen MR) is 83.0 cm³/mol. The van der Waals surface area contributed by atoms with E-state index in [1.165, 1.54) is 0 Å². The van der Waals surface area contributed by atoms with Gasteiger partial charge in [0, 0.05) is 19.6 Å². The van der Waals surface area contributed by atoms with Gasteiger partial charge in [-0.05, 0) is 12.1 Å². The molecule has 3 rings (SSSR count). The van der Waals surface area contributed by atoms with Crippen molar-refractivity contribution in [3.05, 3.63) is 24.3 Å². The van der Waals surface area contributed by atoms with E-state index in [1.54, 1.807) is 4.57 Å². The molecular weight excluding hydrogens is 282 g/mol. The maximum absolute atomic E-state index is 11.3. The number of morpholine rings is 1. The van der Waals surface area contributed by atoms with Crippen LogP contribution in [-0.4, -0.2) is 48.2 Å². The van der Waals surface area contributed by atoms with Crippen LogP contribution >= 0.6 is 0 Å². The van der Waals surface area contributed by atoms with E-state index in [1.807, 2.05) is 28.8 Å². The third-order valence-electron chi connectivity index (χ3n) is 4.07. The maximum Gasteiger partial charge on any atom is 0.356 e. The molecule has 1 fully saturated rings. The van der Waals surface area contributed by atoms with E-state index < -0.39 is 5.91 Å². The average Bonchev–Trinajstić information content (AvgIpc) is 2.78. The predicted octanol–water partition coefficient (Wildman–Crippen LogP) is -0.671. The van der Waals surface area contributed by atoms with Gasteiger partial charge in [0.05, 0.1) is 19.8 Å². The summed E-state index contributed by atoms with van der Waals surface area (Å²) in [5.41, 5.74) is 13.5. The fraction of sp³-hybridized carbons (Fsp3) is 0.467. The molecule has 1 aliphatic rings. The summed E-state index contributed by atoms with van der Waals surface area (Å²) in [4.78, 5) is 13.7. The van der Waals surface area contributed by atoms with Crippen LogP contribution in [0.25, 0.3) is 11.0 Å². The van der Waals surface area contributed by atoms with Crippen molar-refractivity contribution in [2.24, 2.45) is 5.73 Å². The van der Waals surface area contributed by atoms with Crippen LogP contribution in [0, 0.1) is 0 Å². The Morgan fingerprint density at radius 3 is 2.68 bits per heavy atom. The van der Waals surface area contributed by atoms with E-state index in [4.69, 9.17) is 16.2 Å². The number of hydrogen-bond acceptors (Lipinski definition) is 4. The molecule has 0 bridgehead atoms. The molecule has 7 heteroatoms. The van der Waals surface area contributed by atoms with E-state index in [2.05, 4.69) is 4.90 Å². The minimum atomic E-state index is -0.396. The number of primary amides is 1. The number of benzene rings is 1. The summed E-state index contributed by atoms with van der Waals surface area (Å²) in [5, 5.41) is 0. The molecule has 1 saturated heterocycles. The van der Waals surface area contributed by atoms with Crippen LogP contribution in [0.4, 0.5) is 5.95 Å². The second-order valence-corrected chi connectivity index (χ2v) is 5.51. The Hall–Kier alpha value is -2.12. The van der Waals surface area contributed by atoms with Gasteiger partial charge in [-0.25, -0.2) is 9.13 Å². The summed E-state index contributed by atoms with van der Waals surface area (Å²) in [6, 6.07) is 7.88. The summed E-state index contributed by atoms with van der Waals surface area (Å²) in [6.07, 6.45) is 0. The largest absolute Gasteiger partial charge is 0.379 e. The van der Waals surface area contributed by atoms with Crippen molar-refractivity contribution in [3.8, 4) is 0 Å². The molecule has 22 heavy (non-hydrogen) atoms.